The number of nitrogens with zero attached hydrogens (tertiary/aromatic N) is 2. The summed E-state index contributed by atoms with van der Waals surface area (Å²) in [6.45, 7) is 0.158. The summed E-state index contributed by atoms with van der Waals surface area (Å²) in [4.78, 5) is 24.9. The van der Waals surface area contributed by atoms with Gasteiger partial charge in [0.25, 0.3) is 11.8 Å². The summed E-state index contributed by atoms with van der Waals surface area (Å²) in [5.41, 5.74) is 1.14. The number of ether oxygens (including phenoxy) is 3. The van der Waals surface area contributed by atoms with Gasteiger partial charge < -0.3 is 24.8 Å². The van der Waals surface area contributed by atoms with Gasteiger partial charge in [-0.15, -0.1) is 10.2 Å². The van der Waals surface area contributed by atoms with Crippen molar-refractivity contribution in [2.45, 2.75) is 38.3 Å². The number of hydrogen-bond acceptors (Lipinski definition) is 8. The van der Waals surface area contributed by atoms with Gasteiger partial charge in [0.05, 0.1) is 14.2 Å². The molecule has 10 heteroatoms. The van der Waals surface area contributed by atoms with Crippen molar-refractivity contribution >= 4 is 28.8 Å². The Bertz CT molecular complexity index is 1140. The second-order valence-electron chi connectivity index (χ2n) is 7.79. The molecule has 9 nitrogen and oxygen atoms in total. The van der Waals surface area contributed by atoms with Crippen molar-refractivity contribution in [1.82, 2.24) is 15.5 Å². The van der Waals surface area contributed by atoms with Gasteiger partial charge in [-0.2, -0.15) is 0 Å². The molecule has 0 spiro atoms. The molecule has 1 aliphatic rings. The molecule has 1 aliphatic carbocycles. The zero-order chi connectivity index (χ0) is 23.9. The van der Waals surface area contributed by atoms with Crippen LogP contribution in [0, 0.1) is 0 Å². The minimum atomic E-state index is -0.377. The third-order valence-electron chi connectivity index (χ3n) is 5.47. The highest BCUT2D eigenvalue weighted by Gasteiger charge is 2.18. The number of amides is 2. The van der Waals surface area contributed by atoms with Crippen LogP contribution in [0.25, 0.3) is 0 Å². The van der Waals surface area contributed by atoms with E-state index in [0.717, 1.165) is 37.0 Å². The van der Waals surface area contributed by atoms with Gasteiger partial charge in [0.2, 0.25) is 5.01 Å². The molecule has 0 unspecified atom stereocenters. The largest absolute Gasteiger partial charge is 0.493 e. The molecule has 2 amide bonds. The summed E-state index contributed by atoms with van der Waals surface area (Å²) in [7, 11) is 3.12. The summed E-state index contributed by atoms with van der Waals surface area (Å²) in [5, 5.41) is 14.6. The number of aromatic nitrogens is 2. The normalized spacial score (nSPS) is 13.4. The minimum absolute atomic E-state index is 0.0898. The van der Waals surface area contributed by atoms with Crippen LogP contribution in [0.15, 0.2) is 42.5 Å². The molecule has 0 bridgehead atoms. The minimum Gasteiger partial charge on any atom is -0.493 e. The standard InChI is InChI=1S/C24H26N4O5S/c1-31-19-12-11-18(13-20(19)32-2)33-14-21-27-28-24(34-21)23(30)26-17-9-7-15(8-10-17)22(29)25-16-5-3-4-6-16/h7-13,16H,3-6,14H2,1-2H3,(H,25,29)(H,26,30). The molecule has 34 heavy (non-hydrogen) atoms. The van der Waals surface area contributed by atoms with Gasteiger partial charge in [-0.05, 0) is 49.2 Å². The molecule has 4 rings (SSSR count). The molecule has 3 aromatic rings. The summed E-state index contributed by atoms with van der Waals surface area (Å²) in [6, 6.07) is 12.3. The Kier molecular flexibility index (Phi) is 7.58. The molecule has 2 N–H and O–H groups in total. The Labute approximate surface area is 201 Å². The molecule has 1 saturated carbocycles. The number of rotatable bonds is 9. The van der Waals surface area contributed by atoms with Crippen LogP contribution in [0.1, 0.15) is 50.9 Å². The number of benzene rings is 2. The zero-order valence-electron chi connectivity index (χ0n) is 19.0. The number of nitrogens with one attached hydrogen (secondary N) is 2. The maximum absolute atomic E-state index is 12.6. The first kappa shape index (κ1) is 23.5. The highest BCUT2D eigenvalue weighted by Crippen LogP contribution is 2.31. The van der Waals surface area contributed by atoms with Crippen LogP contribution < -0.4 is 24.8 Å². The highest BCUT2D eigenvalue weighted by molar-refractivity contribution is 7.13. The summed E-state index contributed by atoms with van der Waals surface area (Å²) < 4.78 is 16.2. The molecule has 1 heterocycles. The molecule has 0 saturated heterocycles. The fourth-order valence-corrected chi connectivity index (χ4v) is 4.33. The third-order valence-corrected chi connectivity index (χ3v) is 6.37. The lowest BCUT2D eigenvalue weighted by Crippen LogP contribution is -2.32. The van der Waals surface area contributed by atoms with Crippen molar-refractivity contribution < 1.29 is 23.8 Å². The van der Waals surface area contributed by atoms with Crippen molar-refractivity contribution in [3.8, 4) is 17.2 Å². The lowest BCUT2D eigenvalue weighted by Gasteiger charge is -2.12. The van der Waals surface area contributed by atoms with Crippen LogP contribution in [0.4, 0.5) is 5.69 Å². The maximum Gasteiger partial charge on any atom is 0.286 e. The van der Waals surface area contributed by atoms with E-state index >= 15 is 0 Å². The van der Waals surface area contributed by atoms with Crippen molar-refractivity contribution in [3.05, 3.63) is 58.0 Å². The van der Waals surface area contributed by atoms with Crippen LogP contribution in [0.3, 0.4) is 0 Å². The number of carbonyl (C=O) groups is 2. The topological polar surface area (TPSA) is 112 Å². The van der Waals surface area contributed by atoms with Crippen LogP contribution in [0.2, 0.25) is 0 Å². The molecule has 178 valence electrons. The Morgan fingerprint density at radius 3 is 2.41 bits per heavy atom. The van der Waals surface area contributed by atoms with Gasteiger partial charge in [-0.1, -0.05) is 24.2 Å². The number of anilines is 1. The maximum atomic E-state index is 12.6. The summed E-state index contributed by atoms with van der Waals surface area (Å²) in [5.74, 6) is 1.27. The Balaban J connectivity index is 1.30. The van der Waals surface area contributed by atoms with E-state index in [1.165, 1.54) is 0 Å². The van der Waals surface area contributed by atoms with E-state index in [4.69, 9.17) is 14.2 Å². The monoisotopic (exact) mass is 482 g/mol. The van der Waals surface area contributed by atoms with Gasteiger partial charge in [0, 0.05) is 23.4 Å². The van der Waals surface area contributed by atoms with Gasteiger partial charge in [-0.25, -0.2) is 0 Å². The molecule has 0 aliphatic heterocycles. The predicted octanol–water partition coefficient (Wildman–Crippen LogP) is 4.06. The first-order valence-corrected chi connectivity index (χ1v) is 11.8. The second-order valence-corrected chi connectivity index (χ2v) is 8.85. The smallest absolute Gasteiger partial charge is 0.286 e. The van der Waals surface area contributed by atoms with E-state index in [-0.39, 0.29) is 29.5 Å². The van der Waals surface area contributed by atoms with Crippen LogP contribution in [-0.4, -0.2) is 42.3 Å². The quantitative estimate of drug-likeness (QED) is 0.473. The van der Waals surface area contributed by atoms with Crippen molar-refractivity contribution in [2.24, 2.45) is 0 Å². The van der Waals surface area contributed by atoms with E-state index in [0.29, 0.717) is 33.5 Å². The first-order chi connectivity index (χ1) is 16.6. The summed E-state index contributed by atoms with van der Waals surface area (Å²) in [6.07, 6.45) is 4.38. The molecular formula is C24H26N4O5S. The molecule has 2 aromatic carbocycles. The van der Waals surface area contributed by atoms with Gasteiger partial charge >= 0.3 is 0 Å². The molecular weight excluding hydrogens is 456 g/mol. The van der Waals surface area contributed by atoms with E-state index in [1.54, 1.807) is 56.7 Å². The third kappa shape index (κ3) is 5.82. The first-order valence-electron chi connectivity index (χ1n) is 10.9. The van der Waals surface area contributed by atoms with Crippen molar-refractivity contribution in [3.63, 3.8) is 0 Å². The van der Waals surface area contributed by atoms with Crippen LogP contribution in [0.5, 0.6) is 17.2 Å². The SMILES string of the molecule is COc1ccc(OCc2nnc(C(=O)Nc3ccc(C(=O)NC4CCCC4)cc3)s2)cc1OC. The van der Waals surface area contributed by atoms with Gasteiger partial charge in [0.15, 0.2) is 16.5 Å². The lowest BCUT2D eigenvalue weighted by atomic mass is 10.1. The molecule has 1 aromatic heterocycles. The predicted molar refractivity (Wildman–Crippen MR) is 128 cm³/mol. The number of methoxy groups -OCH3 is 2. The Hall–Kier alpha value is -3.66. The van der Waals surface area contributed by atoms with Crippen LogP contribution in [-0.2, 0) is 6.61 Å². The Morgan fingerprint density at radius 2 is 1.71 bits per heavy atom. The average molecular weight is 483 g/mol. The highest BCUT2D eigenvalue weighted by atomic mass is 32.1. The van der Waals surface area contributed by atoms with Crippen molar-refractivity contribution in [1.29, 1.82) is 0 Å². The second kappa shape index (κ2) is 11.0. The van der Waals surface area contributed by atoms with E-state index < -0.39 is 0 Å². The zero-order valence-corrected chi connectivity index (χ0v) is 19.8. The van der Waals surface area contributed by atoms with E-state index in [2.05, 4.69) is 20.8 Å². The molecule has 0 radical (unpaired) electrons. The average Bonchev–Trinajstić information content (AvgIpc) is 3.55. The molecule has 0 atom stereocenters. The van der Waals surface area contributed by atoms with Crippen molar-refractivity contribution in [2.75, 3.05) is 19.5 Å². The van der Waals surface area contributed by atoms with Gasteiger partial charge in [0.1, 0.15) is 12.4 Å². The van der Waals surface area contributed by atoms with E-state index in [1.807, 2.05) is 0 Å². The lowest BCUT2D eigenvalue weighted by molar-refractivity contribution is 0.0937. The van der Waals surface area contributed by atoms with E-state index in [9.17, 15) is 9.59 Å². The molecule has 1 fully saturated rings. The number of carbonyl (C=O) groups excluding carboxylic acids is 2. The Morgan fingerprint density at radius 1 is 0.971 bits per heavy atom. The van der Waals surface area contributed by atoms with Gasteiger partial charge in [-0.3, -0.25) is 9.59 Å². The van der Waals surface area contributed by atoms with Crippen LogP contribution >= 0.6 is 11.3 Å². The number of hydrogen-bond donors (Lipinski definition) is 2. The fourth-order valence-electron chi connectivity index (χ4n) is 3.68. The fraction of sp³-hybridized carbons (Fsp3) is 0.333. The summed E-state index contributed by atoms with van der Waals surface area (Å²) >= 11 is 1.14.